The number of benzene rings is 2. The molecular weight excluding hydrogens is 355 g/mol. The van der Waals surface area contributed by atoms with Crippen molar-refractivity contribution in [2.24, 2.45) is 0 Å². The second-order valence-corrected chi connectivity index (χ2v) is 5.73. The van der Waals surface area contributed by atoms with Crippen LogP contribution in [-0.4, -0.2) is 38.3 Å². The van der Waals surface area contributed by atoms with Crippen LogP contribution in [0, 0.1) is 5.82 Å². The van der Waals surface area contributed by atoms with E-state index in [-0.39, 0.29) is 37.5 Å². The van der Waals surface area contributed by atoms with E-state index in [0.29, 0.717) is 30.0 Å². The van der Waals surface area contributed by atoms with Crippen molar-refractivity contribution in [1.82, 2.24) is 10.6 Å². The van der Waals surface area contributed by atoms with E-state index in [1.54, 1.807) is 36.4 Å². The van der Waals surface area contributed by atoms with Crippen LogP contribution in [0.15, 0.2) is 42.5 Å². The van der Waals surface area contributed by atoms with Gasteiger partial charge in [0.15, 0.2) is 23.1 Å². The topological polar surface area (TPSA) is 85.9 Å². The Morgan fingerprint density at radius 1 is 1.07 bits per heavy atom. The normalized spacial score (nSPS) is 11.7. The third kappa shape index (κ3) is 5.10. The lowest BCUT2D eigenvalue weighted by molar-refractivity contribution is -0.120. The van der Waals surface area contributed by atoms with Gasteiger partial charge in [-0.05, 0) is 36.8 Å². The van der Waals surface area contributed by atoms with Crippen molar-refractivity contribution in [2.75, 3.05) is 26.5 Å². The van der Waals surface area contributed by atoms with E-state index in [1.807, 2.05) is 0 Å². The molecule has 8 heteroatoms. The van der Waals surface area contributed by atoms with E-state index in [9.17, 15) is 14.0 Å². The van der Waals surface area contributed by atoms with Crippen molar-refractivity contribution in [3.8, 4) is 17.2 Å². The maximum atomic E-state index is 13.4. The Labute approximate surface area is 155 Å². The zero-order valence-corrected chi connectivity index (χ0v) is 14.5. The third-order valence-corrected chi connectivity index (χ3v) is 3.78. The van der Waals surface area contributed by atoms with Gasteiger partial charge in [0.25, 0.3) is 5.91 Å². The lowest BCUT2D eigenvalue weighted by Gasteiger charge is -2.09. The highest BCUT2D eigenvalue weighted by molar-refractivity contribution is 5.97. The minimum Gasteiger partial charge on any atom is -0.490 e. The number of hydrogen-bond acceptors (Lipinski definition) is 5. The zero-order valence-electron chi connectivity index (χ0n) is 14.5. The summed E-state index contributed by atoms with van der Waals surface area (Å²) in [5.74, 6) is 0.137. The summed E-state index contributed by atoms with van der Waals surface area (Å²) < 4.78 is 29.1. The molecule has 3 rings (SSSR count). The molecule has 1 heterocycles. The summed E-state index contributed by atoms with van der Waals surface area (Å²) in [4.78, 5) is 23.9. The number of nitrogens with one attached hydrogen (secondary N) is 2. The van der Waals surface area contributed by atoms with Crippen molar-refractivity contribution in [2.45, 2.75) is 6.42 Å². The van der Waals surface area contributed by atoms with Crippen molar-refractivity contribution in [3.05, 3.63) is 53.8 Å². The number of carbonyl (C=O) groups is 2. The number of hydrogen-bond donors (Lipinski definition) is 2. The maximum absolute atomic E-state index is 13.4. The fraction of sp³-hybridized carbons (Fsp3) is 0.263. The van der Waals surface area contributed by atoms with E-state index in [0.717, 1.165) is 0 Å². The molecule has 1 aliphatic rings. The van der Waals surface area contributed by atoms with E-state index >= 15 is 0 Å². The van der Waals surface area contributed by atoms with Crippen molar-refractivity contribution in [3.63, 3.8) is 0 Å². The average Bonchev–Trinajstić information content (AvgIpc) is 3.15. The molecule has 2 amide bonds. The molecule has 0 atom stereocenters. The van der Waals surface area contributed by atoms with Crippen LogP contribution in [0.1, 0.15) is 16.8 Å². The first kappa shape index (κ1) is 18.5. The van der Waals surface area contributed by atoms with Gasteiger partial charge in [0.2, 0.25) is 12.7 Å². The smallest absolute Gasteiger partial charge is 0.251 e. The molecule has 0 fully saturated rings. The summed E-state index contributed by atoms with van der Waals surface area (Å²) in [7, 11) is 0. The number of carbonyl (C=O) groups excluding carboxylic acids is 2. The van der Waals surface area contributed by atoms with Crippen molar-refractivity contribution >= 4 is 11.8 Å². The molecule has 7 nitrogen and oxygen atoms in total. The second-order valence-electron chi connectivity index (χ2n) is 5.73. The van der Waals surface area contributed by atoms with Gasteiger partial charge in [-0.15, -0.1) is 0 Å². The molecule has 0 radical (unpaired) electrons. The molecule has 0 aliphatic carbocycles. The van der Waals surface area contributed by atoms with Gasteiger partial charge in [-0.25, -0.2) is 4.39 Å². The lowest BCUT2D eigenvalue weighted by atomic mass is 10.2. The number of ether oxygens (including phenoxy) is 3. The van der Waals surface area contributed by atoms with Crippen LogP contribution in [-0.2, 0) is 4.79 Å². The SMILES string of the molecule is O=C(CNC(=O)c1ccc2c(c1)OCO2)NCCCOc1ccccc1F. The second kappa shape index (κ2) is 8.88. The largest absolute Gasteiger partial charge is 0.490 e. The number of fused-ring (bicyclic) bond motifs is 1. The summed E-state index contributed by atoms with van der Waals surface area (Å²) in [5.41, 5.74) is 0.380. The monoisotopic (exact) mass is 374 g/mol. The van der Waals surface area contributed by atoms with Gasteiger partial charge in [0.05, 0.1) is 13.2 Å². The first-order valence-electron chi connectivity index (χ1n) is 8.45. The first-order valence-corrected chi connectivity index (χ1v) is 8.45. The van der Waals surface area contributed by atoms with E-state index < -0.39 is 5.82 Å². The van der Waals surface area contributed by atoms with Gasteiger partial charge in [0.1, 0.15) is 0 Å². The molecule has 0 bridgehead atoms. The minimum atomic E-state index is -0.423. The summed E-state index contributed by atoms with van der Waals surface area (Å²) in [6.07, 6.45) is 0.510. The van der Waals surface area contributed by atoms with E-state index in [1.165, 1.54) is 6.07 Å². The highest BCUT2D eigenvalue weighted by atomic mass is 19.1. The van der Waals surface area contributed by atoms with Crippen LogP contribution in [0.2, 0.25) is 0 Å². The van der Waals surface area contributed by atoms with Gasteiger partial charge in [-0.2, -0.15) is 0 Å². The Kier molecular flexibility index (Phi) is 6.09. The number of amides is 2. The summed E-state index contributed by atoms with van der Waals surface area (Å²) >= 11 is 0. The quantitative estimate of drug-likeness (QED) is 0.689. The maximum Gasteiger partial charge on any atom is 0.251 e. The molecular formula is C19H19FN2O5. The lowest BCUT2D eigenvalue weighted by Crippen LogP contribution is -2.37. The fourth-order valence-electron chi connectivity index (χ4n) is 2.41. The molecule has 142 valence electrons. The highest BCUT2D eigenvalue weighted by Gasteiger charge is 2.16. The van der Waals surface area contributed by atoms with Crippen LogP contribution in [0.4, 0.5) is 4.39 Å². The van der Waals surface area contributed by atoms with Gasteiger partial charge in [-0.1, -0.05) is 12.1 Å². The molecule has 2 aromatic rings. The Bertz CT molecular complexity index is 827. The van der Waals surface area contributed by atoms with E-state index in [2.05, 4.69) is 10.6 Å². The Hall–Kier alpha value is -3.29. The number of para-hydroxylation sites is 1. The fourth-order valence-corrected chi connectivity index (χ4v) is 2.41. The van der Waals surface area contributed by atoms with Gasteiger partial charge < -0.3 is 24.8 Å². The van der Waals surface area contributed by atoms with Crippen molar-refractivity contribution < 1.29 is 28.2 Å². The van der Waals surface area contributed by atoms with Crippen LogP contribution < -0.4 is 24.8 Å². The number of rotatable bonds is 8. The van der Waals surface area contributed by atoms with Crippen LogP contribution >= 0.6 is 0 Å². The Morgan fingerprint density at radius 3 is 2.74 bits per heavy atom. The molecule has 27 heavy (non-hydrogen) atoms. The first-order chi connectivity index (χ1) is 13.1. The van der Waals surface area contributed by atoms with Gasteiger partial charge >= 0.3 is 0 Å². The molecule has 0 aromatic heterocycles. The third-order valence-electron chi connectivity index (χ3n) is 3.78. The molecule has 1 aliphatic heterocycles. The molecule has 0 unspecified atom stereocenters. The predicted octanol–water partition coefficient (Wildman–Crippen LogP) is 1.87. The van der Waals surface area contributed by atoms with Crippen LogP contribution in [0.25, 0.3) is 0 Å². The summed E-state index contributed by atoms with van der Waals surface area (Å²) in [6, 6.07) is 10.9. The Morgan fingerprint density at radius 2 is 1.89 bits per heavy atom. The Balaban J connectivity index is 1.32. The molecule has 0 spiro atoms. The summed E-state index contributed by atoms with van der Waals surface area (Å²) in [5, 5.41) is 5.20. The zero-order chi connectivity index (χ0) is 19.1. The molecule has 2 N–H and O–H groups in total. The van der Waals surface area contributed by atoms with Crippen LogP contribution in [0.3, 0.4) is 0 Å². The minimum absolute atomic E-state index is 0.128. The van der Waals surface area contributed by atoms with Crippen LogP contribution in [0.5, 0.6) is 17.2 Å². The van der Waals surface area contributed by atoms with Gasteiger partial charge in [0, 0.05) is 12.1 Å². The van der Waals surface area contributed by atoms with Gasteiger partial charge in [-0.3, -0.25) is 9.59 Å². The predicted molar refractivity (Wildman–Crippen MR) is 94.4 cm³/mol. The summed E-state index contributed by atoms with van der Waals surface area (Å²) in [6.45, 7) is 0.600. The molecule has 0 saturated carbocycles. The van der Waals surface area contributed by atoms with E-state index in [4.69, 9.17) is 14.2 Å². The number of halogens is 1. The molecule has 0 saturated heterocycles. The average molecular weight is 374 g/mol. The highest BCUT2D eigenvalue weighted by Crippen LogP contribution is 2.32. The standard InChI is InChI=1S/C19H19FN2O5/c20-14-4-1-2-5-15(14)25-9-3-8-21-18(23)11-22-19(24)13-6-7-16-17(10-13)27-12-26-16/h1-2,4-7,10H,3,8-9,11-12H2,(H,21,23)(H,22,24). The molecule has 2 aromatic carbocycles. The van der Waals surface area contributed by atoms with Crippen molar-refractivity contribution in [1.29, 1.82) is 0 Å².